The first-order valence-electron chi connectivity index (χ1n) is 7.70. The first-order valence-corrected chi connectivity index (χ1v) is 9.36. The number of nitrogens with zero attached hydrogens (tertiary/aromatic N) is 3. The van der Waals surface area contributed by atoms with E-state index >= 15 is 0 Å². The molecule has 3 rings (SSSR count). The summed E-state index contributed by atoms with van der Waals surface area (Å²) < 4.78 is 26.6. The van der Waals surface area contributed by atoms with Crippen molar-refractivity contribution in [2.24, 2.45) is 7.05 Å². The molecule has 0 radical (unpaired) electrons. The molecule has 0 aliphatic rings. The average molecular weight is 344 g/mol. The highest BCUT2D eigenvalue weighted by molar-refractivity contribution is 7.91. The third kappa shape index (κ3) is 3.26. The summed E-state index contributed by atoms with van der Waals surface area (Å²) in [5.41, 5.74) is 2.49. The molecule has 0 aliphatic heterocycles. The number of rotatable bonds is 5. The van der Waals surface area contributed by atoms with E-state index < -0.39 is 9.84 Å². The Hall–Kier alpha value is -2.41. The molecule has 2 heterocycles. The Morgan fingerprint density at radius 2 is 1.96 bits per heavy atom. The molecule has 0 spiro atoms. The summed E-state index contributed by atoms with van der Waals surface area (Å²) in [5, 5.41) is 8.52. The molecular formula is C17H20N4O2S. The van der Waals surface area contributed by atoms with Crippen molar-refractivity contribution in [3.8, 4) is 0 Å². The van der Waals surface area contributed by atoms with Crippen molar-refractivity contribution in [2.75, 3.05) is 11.1 Å². The number of fused-ring (bicyclic) bond motifs is 1. The average Bonchev–Trinajstić information content (AvgIpc) is 2.82. The van der Waals surface area contributed by atoms with E-state index in [2.05, 4.69) is 15.4 Å². The minimum absolute atomic E-state index is 0.0150. The monoisotopic (exact) mass is 344 g/mol. The number of aromatic nitrogens is 3. The summed E-state index contributed by atoms with van der Waals surface area (Å²) in [6.45, 7) is 3.78. The van der Waals surface area contributed by atoms with Crippen molar-refractivity contribution in [2.45, 2.75) is 24.8 Å². The lowest BCUT2D eigenvalue weighted by Gasteiger charge is -2.15. The Kier molecular flexibility index (Phi) is 4.28. The van der Waals surface area contributed by atoms with Crippen LogP contribution in [0.3, 0.4) is 0 Å². The van der Waals surface area contributed by atoms with Crippen LogP contribution in [0.4, 0.5) is 5.69 Å². The SMILES string of the molecule is Cc1nn(C)c2ncc(N[C@H](C)CS(=O)(=O)c3ccccc3)cc12. The highest BCUT2D eigenvalue weighted by Gasteiger charge is 2.18. The molecule has 0 saturated heterocycles. The lowest BCUT2D eigenvalue weighted by molar-refractivity contribution is 0.592. The van der Waals surface area contributed by atoms with E-state index in [-0.39, 0.29) is 11.8 Å². The van der Waals surface area contributed by atoms with Crippen molar-refractivity contribution in [1.29, 1.82) is 0 Å². The lowest BCUT2D eigenvalue weighted by atomic mass is 10.2. The van der Waals surface area contributed by atoms with Crippen LogP contribution in [0.1, 0.15) is 12.6 Å². The Labute approximate surface area is 141 Å². The number of benzene rings is 1. The highest BCUT2D eigenvalue weighted by atomic mass is 32.2. The van der Waals surface area contributed by atoms with Gasteiger partial charge >= 0.3 is 0 Å². The smallest absolute Gasteiger partial charge is 0.180 e. The molecule has 0 fully saturated rings. The first-order chi connectivity index (χ1) is 11.4. The van der Waals surface area contributed by atoms with E-state index in [0.717, 1.165) is 22.4 Å². The van der Waals surface area contributed by atoms with Crippen LogP contribution in [0, 0.1) is 6.92 Å². The fourth-order valence-corrected chi connectivity index (χ4v) is 4.27. The molecule has 1 N–H and O–H groups in total. The first kappa shape index (κ1) is 16.4. The zero-order chi connectivity index (χ0) is 17.3. The number of aryl methyl sites for hydroxylation is 2. The molecule has 126 valence electrons. The van der Waals surface area contributed by atoms with Gasteiger partial charge in [-0.1, -0.05) is 18.2 Å². The van der Waals surface area contributed by atoms with Crippen LogP contribution < -0.4 is 5.32 Å². The fraction of sp³-hybridized carbons (Fsp3) is 0.294. The predicted molar refractivity (Wildman–Crippen MR) is 94.8 cm³/mol. The lowest BCUT2D eigenvalue weighted by Crippen LogP contribution is -2.25. The summed E-state index contributed by atoms with van der Waals surface area (Å²) in [6, 6.07) is 10.2. The van der Waals surface area contributed by atoms with Crippen molar-refractivity contribution in [3.63, 3.8) is 0 Å². The van der Waals surface area contributed by atoms with Gasteiger partial charge in [0.15, 0.2) is 15.5 Å². The van der Waals surface area contributed by atoms with Gasteiger partial charge in [-0.25, -0.2) is 13.4 Å². The van der Waals surface area contributed by atoms with Gasteiger partial charge in [-0.2, -0.15) is 5.10 Å². The van der Waals surface area contributed by atoms with E-state index in [4.69, 9.17) is 0 Å². The van der Waals surface area contributed by atoms with Crippen LogP contribution in [0.2, 0.25) is 0 Å². The molecular weight excluding hydrogens is 324 g/mol. The predicted octanol–water partition coefficient (Wildman–Crippen LogP) is 2.55. The normalized spacial score (nSPS) is 13.1. The van der Waals surface area contributed by atoms with Crippen LogP contribution in [0.5, 0.6) is 0 Å². The maximum absolute atomic E-state index is 12.4. The summed E-state index contributed by atoms with van der Waals surface area (Å²) in [5.74, 6) is 0.0150. The molecule has 2 aromatic heterocycles. The molecule has 6 nitrogen and oxygen atoms in total. The van der Waals surface area contributed by atoms with E-state index in [9.17, 15) is 8.42 Å². The summed E-state index contributed by atoms with van der Waals surface area (Å²) in [7, 11) is -1.47. The maximum atomic E-state index is 12.4. The van der Waals surface area contributed by atoms with Crippen LogP contribution in [-0.4, -0.2) is 35.0 Å². The Balaban J connectivity index is 1.77. The number of pyridine rings is 1. The fourth-order valence-electron chi connectivity index (χ4n) is 2.77. The molecule has 24 heavy (non-hydrogen) atoms. The van der Waals surface area contributed by atoms with Crippen LogP contribution in [0.25, 0.3) is 11.0 Å². The zero-order valence-corrected chi connectivity index (χ0v) is 14.7. The van der Waals surface area contributed by atoms with Crippen LogP contribution >= 0.6 is 0 Å². The summed E-state index contributed by atoms with van der Waals surface area (Å²) in [6.07, 6.45) is 1.70. The molecule has 1 atom stereocenters. The number of sulfone groups is 1. The van der Waals surface area contributed by atoms with Crippen molar-refractivity contribution < 1.29 is 8.42 Å². The summed E-state index contributed by atoms with van der Waals surface area (Å²) >= 11 is 0. The third-order valence-corrected chi connectivity index (χ3v) is 5.78. The van der Waals surface area contributed by atoms with Crippen LogP contribution in [0.15, 0.2) is 47.5 Å². The molecule has 0 bridgehead atoms. The molecule has 3 aromatic rings. The van der Waals surface area contributed by atoms with Gasteiger partial charge in [0, 0.05) is 18.5 Å². The van der Waals surface area contributed by atoms with E-state index in [1.165, 1.54) is 0 Å². The second-order valence-corrected chi connectivity index (χ2v) is 7.98. The van der Waals surface area contributed by atoms with Crippen molar-refractivity contribution in [1.82, 2.24) is 14.8 Å². The number of hydrogen-bond acceptors (Lipinski definition) is 5. The number of anilines is 1. The summed E-state index contributed by atoms with van der Waals surface area (Å²) in [4.78, 5) is 4.74. The number of nitrogens with one attached hydrogen (secondary N) is 1. The van der Waals surface area contributed by atoms with Gasteiger partial charge in [-0.15, -0.1) is 0 Å². The van der Waals surface area contributed by atoms with Gasteiger partial charge in [-0.05, 0) is 32.0 Å². The second kappa shape index (κ2) is 6.24. The molecule has 0 unspecified atom stereocenters. The minimum atomic E-state index is -3.33. The van der Waals surface area contributed by atoms with Gasteiger partial charge < -0.3 is 5.32 Å². The van der Waals surface area contributed by atoms with Gasteiger partial charge in [0.05, 0.1) is 28.2 Å². The topological polar surface area (TPSA) is 76.9 Å². The molecule has 0 saturated carbocycles. The maximum Gasteiger partial charge on any atom is 0.180 e. The quantitative estimate of drug-likeness (QED) is 0.770. The van der Waals surface area contributed by atoms with Crippen LogP contribution in [-0.2, 0) is 16.9 Å². The van der Waals surface area contributed by atoms with Gasteiger partial charge in [0.2, 0.25) is 0 Å². The van der Waals surface area contributed by atoms with Gasteiger partial charge in [-0.3, -0.25) is 4.68 Å². The van der Waals surface area contributed by atoms with Crippen molar-refractivity contribution >= 4 is 26.6 Å². The number of hydrogen-bond donors (Lipinski definition) is 1. The van der Waals surface area contributed by atoms with E-state index in [1.54, 1.807) is 41.2 Å². The molecule has 0 aliphatic carbocycles. The Morgan fingerprint density at radius 1 is 1.25 bits per heavy atom. The Bertz CT molecular complexity index is 965. The second-order valence-electron chi connectivity index (χ2n) is 5.94. The third-order valence-electron chi connectivity index (χ3n) is 3.85. The van der Waals surface area contributed by atoms with E-state index in [1.807, 2.05) is 27.0 Å². The van der Waals surface area contributed by atoms with Gasteiger partial charge in [0.25, 0.3) is 0 Å². The zero-order valence-electron chi connectivity index (χ0n) is 13.9. The standard InChI is InChI=1S/C17H20N4O2S/c1-12(11-24(22,23)15-7-5-4-6-8-15)19-14-9-16-13(2)20-21(3)17(16)18-10-14/h4-10,12,19H,11H2,1-3H3/t12-/m1/s1. The Morgan fingerprint density at radius 3 is 2.67 bits per heavy atom. The van der Waals surface area contributed by atoms with Crippen molar-refractivity contribution in [3.05, 3.63) is 48.3 Å². The molecule has 1 aromatic carbocycles. The van der Waals surface area contributed by atoms with Gasteiger partial charge in [0.1, 0.15) is 0 Å². The largest absolute Gasteiger partial charge is 0.380 e. The molecule has 7 heteroatoms. The molecule has 0 amide bonds. The van der Waals surface area contributed by atoms with E-state index in [0.29, 0.717) is 4.90 Å². The minimum Gasteiger partial charge on any atom is -0.380 e. The highest BCUT2D eigenvalue weighted by Crippen LogP contribution is 2.20.